The Hall–Kier alpha value is -1.10. The third kappa shape index (κ3) is 2.23. The Kier molecular flexibility index (Phi) is 3.46. The normalized spacial score (nSPS) is 26.1. The number of carbonyl (C=O) groups is 2. The van der Waals surface area contributed by atoms with E-state index in [0.717, 1.165) is 19.4 Å². The SMILES string of the molecule is CCC1(C(=O)NCC(=O)O)CCCN1. The number of nitrogens with one attached hydrogen (secondary N) is 2. The first-order chi connectivity index (χ1) is 6.60. The summed E-state index contributed by atoms with van der Waals surface area (Å²) in [6.45, 7) is 2.45. The molecule has 0 radical (unpaired) electrons. The number of amides is 1. The highest BCUT2D eigenvalue weighted by Gasteiger charge is 2.38. The molecule has 1 saturated heterocycles. The summed E-state index contributed by atoms with van der Waals surface area (Å²) < 4.78 is 0. The lowest BCUT2D eigenvalue weighted by Crippen LogP contribution is -2.53. The third-order valence-electron chi connectivity index (χ3n) is 2.68. The van der Waals surface area contributed by atoms with Crippen LogP contribution >= 0.6 is 0 Å². The van der Waals surface area contributed by atoms with Crippen LogP contribution in [0.2, 0.25) is 0 Å². The molecule has 14 heavy (non-hydrogen) atoms. The summed E-state index contributed by atoms with van der Waals surface area (Å²) in [4.78, 5) is 21.9. The molecule has 1 amide bonds. The van der Waals surface area contributed by atoms with Crippen molar-refractivity contribution in [1.29, 1.82) is 0 Å². The van der Waals surface area contributed by atoms with Crippen molar-refractivity contribution in [1.82, 2.24) is 10.6 Å². The van der Waals surface area contributed by atoms with Gasteiger partial charge in [0.1, 0.15) is 6.54 Å². The minimum absolute atomic E-state index is 0.195. The summed E-state index contributed by atoms with van der Waals surface area (Å²) in [5.74, 6) is -1.21. The van der Waals surface area contributed by atoms with Gasteiger partial charge in [-0.25, -0.2) is 0 Å². The van der Waals surface area contributed by atoms with E-state index in [1.54, 1.807) is 0 Å². The summed E-state index contributed by atoms with van der Waals surface area (Å²) in [7, 11) is 0. The molecule has 0 aromatic heterocycles. The molecule has 0 bridgehead atoms. The molecular weight excluding hydrogens is 184 g/mol. The highest BCUT2D eigenvalue weighted by atomic mass is 16.4. The third-order valence-corrected chi connectivity index (χ3v) is 2.68. The van der Waals surface area contributed by atoms with Gasteiger partial charge in [-0.3, -0.25) is 9.59 Å². The van der Waals surface area contributed by atoms with E-state index in [9.17, 15) is 9.59 Å². The minimum Gasteiger partial charge on any atom is -0.480 e. The fourth-order valence-corrected chi connectivity index (χ4v) is 1.79. The summed E-state index contributed by atoms with van der Waals surface area (Å²) >= 11 is 0. The minimum atomic E-state index is -1.01. The molecule has 0 aliphatic carbocycles. The Morgan fingerprint density at radius 1 is 1.57 bits per heavy atom. The number of rotatable bonds is 4. The second-order valence-electron chi connectivity index (χ2n) is 3.54. The van der Waals surface area contributed by atoms with Gasteiger partial charge in [0.2, 0.25) is 5.91 Å². The maximum absolute atomic E-state index is 11.7. The monoisotopic (exact) mass is 200 g/mol. The smallest absolute Gasteiger partial charge is 0.322 e. The zero-order valence-electron chi connectivity index (χ0n) is 8.30. The molecule has 5 nitrogen and oxygen atoms in total. The maximum atomic E-state index is 11.7. The van der Waals surface area contributed by atoms with Gasteiger partial charge in [0.15, 0.2) is 0 Å². The highest BCUT2D eigenvalue weighted by molar-refractivity contribution is 5.89. The quantitative estimate of drug-likeness (QED) is 0.583. The zero-order chi connectivity index (χ0) is 10.6. The second kappa shape index (κ2) is 4.41. The van der Waals surface area contributed by atoms with Crippen LogP contribution in [0.4, 0.5) is 0 Å². The van der Waals surface area contributed by atoms with Gasteiger partial charge in [-0.15, -0.1) is 0 Å². The Bertz CT molecular complexity index is 234. The predicted octanol–water partition coefficient (Wildman–Crippen LogP) is -0.281. The molecule has 0 aromatic carbocycles. The lowest BCUT2D eigenvalue weighted by atomic mass is 9.93. The van der Waals surface area contributed by atoms with E-state index in [1.807, 2.05) is 6.92 Å². The molecule has 1 heterocycles. The molecule has 0 spiro atoms. The van der Waals surface area contributed by atoms with Crippen molar-refractivity contribution in [3.8, 4) is 0 Å². The van der Waals surface area contributed by atoms with E-state index in [0.29, 0.717) is 6.42 Å². The molecule has 0 saturated carbocycles. The lowest BCUT2D eigenvalue weighted by Gasteiger charge is -2.26. The van der Waals surface area contributed by atoms with Crippen LogP contribution in [0.1, 0.15) is 26.2 Å². The van der Waals surface area contributed by atoms with Crippen molar-refractivity contribution in [2.24, 2.45) is 0 Å². The average molecular weight is 200 g/mol. The molecule has 1 unspecified atom stereocenters. The van der Waals surface area contributed by atoms with E-state index in [-0.39, 0.29) is 12.5 Å². The number of carboxylic acids is 1. The fourth-order valence-electron chi connectivity index (χ4n) is 1.79. The van der Waals surface area contributed by atoms with Crippen LogP contribution in [0.15, 0.2) is 0 Å². The van der Waals surface area contributed by atoms with Crippen molar-refractivity contribution in [3.05, 3.63) is 0 Å². The zero-order valence-corrected chi connectivity index (χ0v) is 8.30. The molecule has 1 rings (SSSR count). The number of hydrogen-bond acceptors (Lipinski definition) is 3. The summed E-state index contributed by atoms with van der Waals surface area (Å²) in [6.07, 6.45) is 2.45. The summed E-state index contributed by atoms with van der Waals surface area (Å²) in [5.41, 5.74) is -0.532. The van der Waals surface area contributed by atoms with Crippen LogP contribution in [-0.2, 0) is 9.59 Å². The van der Waals surface area contributed by atoms with Gasteiger partial charge < -0.3 is 15.7 Å². The molecule has 80 valence electrons. The first-order valence-corrected chi connectivity index (χ1v) is 4.86. The Morgan fingerprint density at radius 3 is 2.71 bits per heavy atom. The van der Waals surface area contributed by atoms with Crippen molar-refractivity contribution in [2.45, 2.75) is 31.7 Å². The van der Waals surface area contributed by atoms with Gasteiger partial charge in [0.25, 0.3) is 0 Å². The lowest BCUT2D eigenvalue weighted by molar-refractivity contribution is -0.139. The van der Waals surface area contributed by atoms with Crippen LogP contribution in [0.5, 0.6) is 0 Å². The number of aliphatic carboxylic acids is 1. The Morgan fingerprint density at radius 2 is 2.29 bits per heavy atom. The van der Waals surface area contributed by atoms with E-state index in [2.05, 4.69) is 10.6 Å². The first-order valence-electron chi connectivity index (χ1n) is 4.86. The number of carbonyl (C=O) groups excluding carboxylic acids is 1. The van der Waals surface area contributed by atoms with Crippen LogP contribution in [0.25, 0.3) is 0 Å². The molecule has 3 N–H and O–H groups in total. The van der Waals surface area contributed by atoms with Gasteiger partial charge in [0.05, 0.1) is 5.54 Å². The molecule has 1 atom stereocenters. The van der Waals surface area contributed by atoms with Gasteiger partial charge in [0, 0.05) is 0 Å². The molecule has 1 fully saturated rings. The molecule has 0 aromatic rings. The van der Waals surface area contributed by atoms with E-state index >= 15 is 0 Å². The van der Waals surface area contributed by atoms with Crippen molar-refractivity contribution >= 4 is 11.9 Å². The van der Waals surface area contributed by atoms with Gasteiger partial charge in [-0.2, -0.15) is 0 Å². The molecular formula is C9H16N2O3. The van der Waals surface area contributed by atoms with Crippen LogP contribution in [0.3, 0.4) is 0 Å². The largest absolute Gasteiger partial charge is 0.480 e. The van der Waals surface area contributed by atoms with E-state index < -0.39 is 11.5 Å². The van der Waals surface area contributed by atoms with E-state index in [1.165, 1.54) is 0 Å². The van der Waals surface area contributed by atoms with Crippen LogP contribution in [-0.4, -0.2) is 35.6 Å². The van der Waals surface area contributed by atoms with Crippen LogP contribution < -0.4 is 10.6 Å². The highest BCUT2D eigenvalue weighted by Crippen LogP contribution is 2.22. The Labute approximate surface area is 82.9 Å². The maximum Gasteiger partial charge on any atom is 0.322 e. The van der Waals surface area contributed by atoms with Gasteiger partial charge in [-0.1, -0.05) is 6.92 Å². The summed E-state index contributed by atoms with van der Waals surface area (Å²) in [6, 6.07) is 0. The fraction of sp³-hybridized carbons (Fsp3) is 0.778. The molecule has 5 heteroatoms. The summed E-state index contributed by atoms with van der Waals surface area (Å²) in [5, 5.41) is 14.0. The molecule has 1 aliphatic rings. The van der Waals surface area contributed by atoms with Crippen molar-refractivity contribution in [3.63, 3.8) is 0 Å². The van der Waals surface area contributed by atoms with Crippen molar-refractivity contribution < 1.29 is 14.7 Å². The van der Waals surface area contributed by atoms with E-state index in [4.69, 9.17) is 5.11 Å². The first kappa shape index (κ1) is 11.0. The number of carboxylic acid groups (broad SMARTS) is 1. The Balaban J connectivity index is 2.52. The second-order valence-corrected chi connectivity index (χ2v) is 3.54. The van der Waals surface area contributed by atoms with Gasteiger partial charge >= 0.3 is 5.97 Å². The standard InChI is InChI=1S/C9H16N2O3/c1-2-9(4-3-5-11-9)8(14)10-6-7(12)13/h11H,2-6H2,1H3,(H,10,14)(H,12,13). The average Bonchev–Trinajstić information content (AvgIpc) is 2.63. The predicted molar refractivity (Wildman–Crippen MR) is 50.9 cm³/mol. The number of hydrogen-bond donors (Lipinski definition) is 3. The topological polar surface area (TPSA) is 78.4 Å². The van der Waals surface area contributed by atoms with Crippen LogP contribution in [0, 0.1) is 0 Å². The van der Waals surface area contributed by atoms with Gasteiger partial charge in [-0.05, 0) is 25.8 Å². The molecule has 1 aliphatic heterocycles. The van der Waals surface area contributed by atoms with Crippen molar-refractivity contribution in [2.75, 3.05) is 13.1 Å².